The van der Waals surface area contributed by atoms with Gasteiger partial charge in [0.1, 0.15) is 48.0 Å². The summed E-state index contributed by atoms with van der Waals surface area (Å²) in [5.41, 5.74) is 18.8. The van der Waals surface area contributed by atoms with Crippen LogP contribution in [-0.2, 0) is 62.4 Å². The summed E-state index contributed by atoms with van der Waals surface area (Å²) in [6.45, 7) is 8.55. The van der Waals surface area contributed by atoms with E-state index in [1.807, 2.05) is 64.1 Å². The topological polar surface area (TPSA) is 385 Å². The third-order valence-corrected chi connectivity index (χ3v) is 14.4. The van der Waals surface area contributed by atoms with Crippen LogP contribution in [0.5, 0.6) is 5.75 Å². The van der Waals surface area contributed by atoms with Crippen molar-refractivity contribution in [2.75, 3.05) is 26.2 Å². The van der Waals surface area contributed by atoms with E-state index in [-0.39, 0.29) is 81.7 Å². The standard InChI is InChI=1S/C62H88N14O10/c1-38(2)66-30-12-10-19-46(55(63)80)72-59(84)49-28-29-53(78)71-51(34-40-15-6-5-7-16-40)60(85)76-52(35-41-23-26-45(77)27-24-41)61(86)74-47(20-11-13-31-67-39(3)4)57(82)73-48(21-14-32-68-62(64)65)58(83)75-50(56(81)69-37-54(79)70-49)36-42-22-25-43-17-8-9-18-44(43)33-42/h5-9,15-18,22-27,33,38-39,46-52,66-67,77H,10-14,19-21,28-32,34-37H2,1-4H3,(H2,63,80)(H,69,81)(H,70,79)(H,71,78)(H,72,84)(H,73,82)(H,74,86)(H,75,83)(H,76,85)(H4,64,65,68)/t46-,47+,48?,49?,50+,51?,52?/m1/s1. The number of nitrogens with zero attached hydrogens (tertiary/aromatic N) is 1. The number of carbonyl (C=O) groups is 9. The molecule has 0 aliphatic carbocycles. The Hall–Kier alpha value is -8.64. The number of phenolic OH excluding ortho intramolecular Hbond substituents is 1. The quantitative estimate of drug-likeness (QED) is 0.0248. The predicted octanol–water partition coefficient (Wildman–Crippen LogP) is 0.752. The largest absolute Gasteiger partial charge is 0.508 e. The molecular weight excluding hydrogens is 1100 g/mol. The first-order valence-corrected chi connectivity index (χ1v) is 29.6. The van der Waals surface area contributed by atoms with Gasteiger partial charge < -0.3 is 75.5 Å². The molecule has 5 rings (SSSR count). The SMILES string of the molecule is CC(C)NCCCC[C@@H]1NC(=O)C(Cc2ccc(O)cc2)NC(=O)C(Cc2ccccc2)NC(=O)CCC(C(=O)N[C@H](CCCCNC(C)C)C(N)=O)NC(=O)CNC(=O)[C@H](Cc2ccc3ccccc3c2)NC(=O)C(CCCN=C(N)N)NC1=O. The highest BCUT2D eigenvalue weighted by atomic mass is 16.3. The highest BCUT2D eigenvalue weighted by Gasteiger charge is 2.34. The number of hydrogen-bond donors (Lipinski definition) is 14. The van der Waals surface area contributed by atoms with E-state index < -0.39 is 108 Å². The number of guanidine groups is 1. The molecule has 466 valence electrons. The molecule has 24 nitrogen and oxygen atoms in total. The highest BCUT2D eigenvalue weighted by molar-refractivity contribution is 5.98. The Bertz CT molecular complexity index is 2920. The van der Waals surface area contributed by atoms with Crippen LogP contribution in [0.2, 0.25) is 0 Å². The molecule has 1 heterocycles. The lowest BCUT2D eigenvalue weighted by Gasteiger charge is -2.27. The van der Waals surface area contributed by atoms with E-state index in [0.717, 1.165) is 10.8 Å². The zero-order valence-corrected chi connectivity index (χ0v) is 49.8. The van der Waals surface area contributed by atoms with Crippen molar-refractivity contribution < 1.29 is 48.3 Å². The molecule has 0 aromatic heterocycles. The minimum Gasteiger partial charge on any atom is -0.508 e. The lowest BCUT2D eigenvalue weighted by molar-refractivity contribution is -0.135. The van der Waals surface area contributed by atoms with Gasteiger partial charge in [0, 0.05) is 44.3 Å². The van der Waals surface area contributed by atoms with Gasteiger partial charge in [-0.3, -0.25) is 48.1 Å². The van der Waals surface area contributed by atoms with Gasteiger partial charge in [0.2, 0.25) is 53.2 Å². The van der Waals surface area contributed by atoms with Crippen molar-refractivity contribution in [1.82, 2.24) is 53.2 Å². The molecular formula is C62H88N14O10. The molecule has 1 aliphatic heterocycles. The van der Waals surface area contributed by atoms with E-state index in [9.17, 15) is 48.3 Å². The fraction of sp³-hybridized carbons (Fsp3) is 0.484. The van der Waals surface area contributed by atoms with E-state index in [2.05, 4.69) is 58.2 Å². The Morgan fingerprint density at radius 3 is 1.67 bits per heavy atom. The average molecular weight is 1190 g/mol. The number of aromatic hydroxyl groups is 1. The molecule has 0 saturated carbocycles. The summed E-state index contributed by atoms with van der Waals surface area (Å²) in [6.07, 6.45) is 1.41. The lowest BCUT2D eigenvalue weighted by atomic mass is 10.00. The van der Waals surface area contributed by atoms with Crippen LogP contribution in [0.4, 0.5) is 0 Å². The van der Waals surface area contributed by atoms with Crippen LogP contribution >= 0.6 is 0 Å². The number of carbonyl (C=O) groups excluding carboxylic acids is 9. The minimum absolute atomic E-state index is 0.0514. The molecule has 17 N–H and O–H groups in total. The van der Waals surface area contributed by atoms with E-state index in [0.29, 0.717) is 55.5 Å². The summed E-state index contributed by atoms with van der Waals surface area (Å²) < 4.78 is 0. The molecule has 1 aliphatic rings. The first kappa shape index (κ1) is 68.1. The molecule has 0 radical (unpaired) electrons. The molecule has 0 bridgehead atoms. The van der Waals surface area contributed by atoms with E-state index >= 15 is 0 Å². The molecule has 4 aromatic carbocycles. The Balaban J connectivity index is 1.58. The van der Waals surface area contributed by atoms with Crippen molar-refractivity contribution >= 4 is 69.9 Å². The number of primary amides is 1. The van der Waals surface area contributed by atoms with Crippen LogP contribution in [0.3, 0.4) is 0 Å². The molecule has 86 heavy (non-hydrogen) atoms. The molecule has 4 aromatic rings. The Kier molecular flexibility index (Phi) is 28.2. The molecule has 1 saturated heterocycles. The number of benzene rings is 4. The van der Waals surface area contributed by atoms with Crippen molar-refractivity contribution in [3.63, 3.8) is 0 Å². The summed E-state index contributed by atoms with van der Waals surface area (Å²) in [7, 11) is 0. The van der Waals surface area contributed by atoms with Crippen LogP contribution in [0.1, 0.15) is 109 Å². The zero-order chi connectivity index (χ0) is 62.5. The van der Waals surface area contributed by atoms with Gasteiger partial charge in [-0.2, -0.15) is 0 Å². The molecule has 0 spiro atoms. The number of aliphatic imine (C=N–C) groups is 1. The molecule has 24 heteroatoms. The van der Waals surface area contributed by atoms with Crippen molar-refractivity contribution in [2.24, 2.45) is 22.2 Å². The lowest BCUT2D eigenvalue weighted by Crippen LogP contribution is -2.60. The second-order valence-electron chi connectivity index (χ2n) is 22.3. The number of nitrogens with two attached hydrogens (primary N) is 3. The van der Waals surface area contributed by atoms with E-state index in [4.69, 9.17) is 17.2 Å². The van der Waals surface area contributed by atoms with Crippen molar-refractivity contribution in [3.05, 3.63) is 114 Å². The summed E-state index contributed by atoms with van der Waals surface area (Å²) in [6, 6.07) is 18.8. The normalized spacial score (nSPS) is 20.1. The number of fused-ring (bicyclic) bond motifs is 1. The predicted molar refractivity (Wildman–Crippen MR) is 328 cm³/mol. The molecule has 1 fully saturated rings. The third-order valence-electron chi connectivity index (χ3n) is 14.4. The zero-order valence-electron chi connectivity index (χ0n) is 49.8. The van der Waals surface area contributed by atoms with Gasteiger partial charge in [-0.15, -0.1) is 0 Å². The Labute approximate surface area is 502 Å². The number of hydrogen-bond acceptors (Lipinski definition) is 13. The number of nitrogens with one attached hydrogen (secondary N) is 10. The van der Waals surface area contributed by atoms with Crippen LogP contribution in [0, 0.1) is 0 Å². The summed E-state index contributed by atoms with van der Waals surface area (Å²) in [5, 5.41) is 40.4. The fourth-order valence-electron chi connectivity index (χ4n) is 9.71. The smallest absolute Gasteiger partial charge is 0.243 e. The van der Waals surface area contributed by atoms with Gasteiger partial charge in [0.05, 0.1) is 6.54 Å². The van der Waals surface area contributed by atoms with Crippen molar-refractivity contribution in [3.8, 4) is 5.75 Å². The van der Waals surface area contributed by atoms with Crippen molar-refractivity contribution in [2.45, 2.75) is 166 Å². The van der Waals surface area contributed by atoms with Crippen LogP contribution in [-0.4, -0.2) is 145 Å². The van der Waals surface area contributed by atoms with Gasteiger partial charge in [0.15, 0.2) is 5.96 Å². The maximum atomic E-state index is 14.9. The highest BCUT2D eigenvalue weighted by Crippen LogP contribution is 2.18. The minimum atomic E-state index is -1.49. The molecule has 9 amide bonds. The maximum absolute atomic E-state index is 14.9. The fourth-order valence-corrected chi connectivity index (χ4v) is 9.71. The third kappa shape index (κ3) is 24.5. The van der Waals surface area contributed by atoms with Crippen LogP contribution < -0.4 is 70.4 Å². The summed E-state index contributed by atoms with van der Waals surface area (Å²) >= 11 is 0. The number of phenols is 1. The van der Waals surface area contributed by atoms with Gasteiger partial charge >= 0.3 is 0 Å². The van der Waals surface area contributed by atoms with Gasteiger partial charge in [-0.1, -0.05) is 113 Å². The van der Waals surface area contributed by atoms with Gasteiger partial charge in [-0.25, -0.2) is 0 Å². The number of amides is 9. The first-order valence-electron chi connectivity index (χ1n) is 29.6. The van der Waals surface area contributed by atoms with Gasteiger partial charge in [-0.05, 0) is 110 Å². The number of rotatable bonds is 25. The Morgan fingerprint density at radius 1 is 0.558 bits per heavy atom. The van der Waals surface area contributed by atoms with Crippen molar-refractivity contribution in [1.29, 1.82) is 0 Å². The Morgan fingerprint density at radius 2 is 1.07 bits per heavy atom. The first-order chi connectivity index (χ1) is 41.1. The molecule has 4 unspecified atom stereocenters. The average Bonchev–Trinajstić information content (AvgIpc) is 3.47. The second-order valence-corrected chi connectivity index (χ2v) is 22.3. The maximum Gasteiger partial charge on any atom is 0.243 e. The second kappa shape index (κ2) is 35.6. The van der Waals surface area contributed by atoms with Crippen LogP contribution in [0.25, 0.3) is 10.8 Å². The summed E-state index contributed by atoms with van der Waals surface area (Å²) in [5.74, 6) is -7.48. The van der Waals surface area contributed by atoms with Crippen LogP contribution in [0.15, 0.2) is 102 Å². The van der Waals surface area contributed by atoms with Gasteiger partial charge in [0.25, 0.3) is 0 Å². The van der Waals surface area contributed by atoms with E-state index in [1.165, 1.54) is 12.1 Å². The number of unbranched alkanes of at least 4 members (excludes halogenated alkanes) is 2. The molecule has 7 atom stereocenters. The summed E-state index contributed by atoms with van der Waals surface area (Å²) in [4.78, 5) is 133. The van der Waals surface area contributed by atoms with E-state index in [1.54, 1.807) is 48.5 Å². The monoisotopic (exact) mass is 1190 g/mol.